The van der Waals surface area contributed by atoms with E-state index in [2.05, 4.69) is 29.4 Å². The van der Waals surface area contributed by atoms with Gasteiger partial charge in [0, 0.05) is 6.04 Å². The molecule has 1 aromatic heterocycles. The van der Waals surface area contributed by atoms with E-state index in [9.17, 15) is 9.18 Å². The second-order valence-corrected chi connectivity index (χ2v) is 8.61. The molecule has 1 saturated carbocycles. The van der Waals surface area contributed by atoms with Gasteiger partial charge in [-0.2, -0.15) is 0 Å². The zero-order valence-corrected chi connectivity index (χ0v) is 16.7. The quantitative estimate of drug-likeness (QED) is 0.604. The number of benzene rings is 1. The summed E-state index contributed by atoms with van der Waals surface area (Å²) < 4.78 is 15.2. The molecule has 2 aromatic rings. The molecule has 0 aliphatic heterocycles. The van der Waals surface area contributed by atoms with Gasteiger partial charge >= 0.3 is 0 Å². The van der Waals surface area contributed by atoms with Gasteiger partial charge in [-0.3, -0.25) is 4.79 Å². The number of hydrogen-bond donors (Lipinski definition) is 2. The SMILES string of the molecule is C[C@H]1[C@@H](NC(=O)[C@@H](C)Sc2nnc(-c3ccccc3F)n2N)CCC[C@@H]1C. The Balaban J connectivity index is 1.67. The van der Waals surface area contributed by atoms with Crippen LogP contribution in [-0.2, 0) is 4.79 Å². The fraction of sp³-hybridized carbons (Fsp3) is 0.526. The van der Waals surface area contributed by atoms with Gasteiger partial charge in [-0.05, 0) is 37.3 Å². The van der Waals surface area contributed by atoms with E-state index in [0.29, 0.717) is 17.0 Å². The van der Waals surface area contributed by atoms with Gasteiger partial charge in [0.25, 0.3) is 0 Å². The minimum atomic E-state index is -0.417. The Bertz CT molecular complexity index is 811. The standard InChI is InChI=1S/C19H26FN5OS/c1-11-7-6-10-16(12(11)2)22-18(26)13(3)27-19-24-23-17(25(19)21)14-8-4-5-9-15(14)20/h4-5,8-9,11-13,16H,6-7,10,21H2,1-3H3,(H,22,26)/t11-,12+,13+,16-/m0/s1. The number of nitrogens with zero attached hydrogens (tertiary/aromatic N) is 3. The Hall–Kier alpha value is -2.09. The van der Waals surface area contributed by atoms with Gasteiger partial charge in [-0.15, -0.1) is 10.2 Å². The van der Waals surface area contributed by atoms with Crippen molar-refractivity contribution in [3.05, 3.63) is 30.1 Å². The van der Waals surface area contributed by atoms with Gasteiger partial charge in [0.2, 0.25) is 11.1 Å². The second kappa shape index (κ2) is 8.29. The molecule has 3 N–H and O–H groups in total. The molecule has 0 spiro atoms. The van der Waals surface area contributed by atoms with Crippen molar-refractivity contribution < 1.29 is 9.18 Å². The van der Waals surface area contributed by atoms with E-state index < -0.39 is 5.82 Å². The van der Waals surface area contributed by atoms with Crippen LogP contribution in [0, 0.1) is 17.7 Å². The molecule has 1 amide bonds. The smallest absolute Gasteiger partial charge is 0.233 e. The number of thioether (sulfide) groups is 1. The Morgan fingerprint density at radius 2 is 2.07 bits per heavy atom. The molecule has 4 atom stereocenters. The lowest BCUT2D eigenvalue weighted by Gasteiger charge is -2.35. The normalized spacial score (nSPS) is 23.8. The third-order valence-corrected chi connectivity index (χ3v) is 6.52. The molecule has 1 aliphatic rings. The summed E-state index contributed by atoms with van der Waals surface area (Å²) in [5.41, 5.74) is 0.279. The van der Waals surface area contributed by atoms with Crippen molar-refractivity contribution in [3.63, 3.8) is 0 Å². The molecule has 0 saturated heterocycles. The van der Waals surface area contributed by atoms with E-state index in [1.807, 2.05) is 6.92 Å². The predicted molar refractivity (Wildman–Crippen MR) is 105 cm³/mol. The molecular formula is C19H26FN5OS. The Kier molecular flexibility index (Phi) is 6.04. The highest BCUT2D eigenvalue weighted by molar-refractivity contribution is 8.00. The summed E-state index contributed by atoms with van der Waals surface area (Å²) in [6.07, 6.45) is 3.37. The summed E-state index contributed by atoms with van der Waals surface area (Å²) >= 11 is 1.22. The lowest BCUT2D eigenvalue weighted by atomic mass is 9.78. The van der Waals surface area contributed by atoms with Gasteiger partial charge < -0.3 is 11.2 Å². The average molecular weight is 392 g/mol. The van der Waals surface area contributed by atoms with Crippen LogP contribution in [0.1, 0.15) is 40.0 Å². The minimum Gasteiger partial charge on any atom is -0.352 e. The van der Waals surface area contributed by atoms with Gasteiger partial charge in [0.15, 0.2) is 5.82 Å². The van der Waals surface area contributed by atoms with Crippen molar-refractivity contribution in [1.82, 2.24) is 20.2 Å². The van der Waals surface area contributed by atoms with Crippen molar-refractivity contribution in [1.29, 1.82) is 0 Å². The molecule has 1 aliphatic carbocycles. The van der Waals surface area contributed by atoms with Crippen LogP contribution in [0.4, 0.5) is 4.39 Å². The summed E-state index contributed by atoms with van der Waals surface area (Å²) in [5, 5.41) is 11.2. The van der Waals surface area contributed by atoms with Crippen molar-refractivity contribution >= 4 is 17.7 Å². The highest BCUT2D eigenvalue weighted by atomic mass is 32.2. The van der Waals surface area contributed by atoms with Crippen molar-refractivity contribution in [2.75, 3.05) is 5.84 Å². The fourth-order valence-electron chi connectivity index (χ4n) is 3.48. The number of nitrogen functional groups attached to an aromatic ring is 1. The fourth-order valence-corrected chi connectivity index (χ4v) is 4.26. The maximum atomic E-state index is 14.0. The van der Waals surface area contributed by atoms with Crippen LogP contribution < -0.4 is 11.2 Å². The number of carbonyl (C=O) groups is 1. The van der Waals surface area contributed by atoms with Gasteiger partial charge in [-0.25, -0.2) is 9.07 Å². The first-order valence-electron chi connectivity index (χ1n) is 9.31. The van der Waals surface area contributed by atoms with E-state index in [1.165, 1.54) is 28.9 Å². The number of carbonyl (C=O) groups excluding carboxylic acids is 1. The molecule has 1 aromatic carbocycles. The third-order valence-electron chi connectivity index (χ3n) is 5.47. The molecule has 3 rings (SSSR count). The number of hydrogen-bond acceptors (Lipinski definition) is 5. The predicted octanol–water partition coefficient (Wildman–Crippen LogP) is 3.22. The second-order valence-electron chi connectivity index (χ2n) is 7.30. The molecule has 0 unspecified atom stereocenters. The van der Waals surface area contributed by atoms with Crippen LogP contribution >= 0.6 is 11.8 Å². The number of aromatic nitrogens is 3. The molecule has 1 heterocycles. The lowest BCUT2D eigenvalue weighted by molar-refractivity contribution is -0.121. The number of halogens is 1. The Morgan fingerprint density at radius 3 is 2.81 bits per heavy atom. The number of rotatable bonds is 5. The van der Waals surface area contributed by atoms with Gasteiger partial charge in [-0.1, -0.05) is 50.6 Å². The molecule has 146 valence electrons. The van der Waals surface area contributed by atoms with Gasteiger partial charge in [0.05, 0.1) is 10.8 Å². The zero-order chi connectivity index (χ0) is 19.6. The molecule has 1 fully saturated rings. The van der Waals surface area contributed by atoms with Crippen LogP contribution in [0.25, 0.3) is 11.4 Å². The van der Waals surface area contributed by atoms with E-state index in [4.69, 9.17) is 5.84 Å². The van der Waals surface area contributed by atoms with E-state index in [-0.39, 0.29) is 28.6 Å². The first-order valence-corrected chi connectivity index (χ1v) is 10.2. The van der Waals surface area contributed by atoms with Gasteiger partial charge in [0.1, 0.15) is 5.82 Å². The van der Waals surface area contributed by atoms with Crippen molar-refractivity contribution in [2.45, 2.75) is 56.5 Å². The molecule has 8 heteroatoms. The molecular weight excluding hydrogens is 365 g/mol. The highest BCUT2D eigenvalue weighted by Gasteiger charge is 2.30. The topological polar surface area (TPSA) is 85.8 Å². The summed E-state index contributed by atoms with van der Waals surface area (Å²) in [6, 6.07) is 6.46. The molecule has 27 heavy (non-hydrogen) atoms. The van der Waals surface area contributed by atoms with Crippen LogP contribution in [0.3, 0.4) is 0 Å². The maximum Gasteiger partial charge on any atom is 0.233 e. The molecule has 6 nitrogen and oxygen atoms in total. The van der Waals surface area contributed by atoms with E-state index in [1.54, 1.807) is 18.2 Å². The summed E-state index contributed by atoms with van der Waals surface area (Å²) in [7, 11) is 0. The largest absolute Gasteiger partial charge is 0.352 e. The highest BCUT2D eigenvalue weighted by Crippen LogP contribution is 2.30. The Morgan fingerprint density at radius 1 is 1.33 bits per heavy atom. The lowest BCUT2D eigenvalue weighted by Crippen LogP contribution is -2.46. The van der Waals surface area contributed by atoms with Crippen LogP contribution in [0.5, 0.6) is 0 Å². The number of amides is 1. The summed E-state index contributed by atoms with van der Waals surface area (Å²) in [6.45, 7) is 6.25. The molecule has 0 bridgehead atoms. The number of nitrogens with one attached hydrogen (secondary N) is 1. The van der Waals surface area contributed by atoms with Crippen molar-refractivity contribution in [2.24, 2.45) is 11.8 Å². The first-order chi connectivity index (χ1) is 12.9. The van der Waals surface area contributed by atoms with E-state index in [0.717, 1.165) is 12.8 Å². The summed E-state index contributed by atoms with van der Waals surface area (Å²) in [4.78, 5) is 12.6. The van der Waals surface area contributed by atoms with Crippen molar-refractivity contribution in [3.8, 4) is 11.4 Å². The minimum absolute atomic E-state index is 0.0404. The Labute approximate surface area is 163 Å². The summed E-state index contributed by atoms with van der Waals surface area (Å²) in [5.74, 6) is 6.90. The maximum absolute atomic E-state index is 14.0. The average Bonchev–Trinajstić information content (AvgIpc) is 3.00. The van der Waals surface area contributed by atoms with E-state index >= 15 is 0 Å². The monoisotopic (exact) mass is 391 g/mol. The van der Waals surface area contributed by atoms with Crippen LogP contribution in [-0.4, -0.2) is 32.1 Å². The number of nitrogens with two attached hydrogens (primary N) is 1. The molecule has 0 radical (unpaired) electrons. The van der Waals surface area contributed by atoms with Crippen LogP contribution in [0.2, 0.25) is 0 Å². The van der Waals surface area contributed by atoms with Crippen LogP contribution in [0.15, 0.2) is 29.4 Å². The zero-order valence-electron chi connectivity index (χ0n) is 15.9. The third kappa shape index (κ3) is 4.26. The first kappa shape index (κ1) is 19.7.